The van der Waals surface area contributed by atoms with E-state index in [1.54, 1.807) is 0 Å². The van der Waals surface area contributed by atoms with Gasteiger partial charge in [0.1, 0.15) is 6.10 Å². The highest BCUT2D eigenvalue weighted by Crippen LogP contribution is 2.28. The molecule has 1 aliphatic rings. The van der Waals surface area contributed by atoms with Crippen LogP contribution in [0.4, 0.5) is 0 Å². The SMILES string of the molecule is O[C@@H](CN1CCC(CCOC(c2ccccc2)c2ccccc2)CC1)c1ccccc1. The summed E-state index contributed by atoms with van der Waals surface area (Å²) in [4.78, 5) is 2.39. The fraction of sp³-hybridized carbons (Fsp3) is 0.357. The van der Waals surface area contributed by atoms with E-state index in [0.717, 1.165) is 38.2 Å². The number of hydrogen-bond donors (Lipinski definition) is 1. The number of piperidine rings is 1. The average molecular weight is 416 g/mol. The molecule has 3 nitrogen and oxygen atoms in total. The number of aliphatic hydroxyl groups excluding tert-OH is 1. The van der Waals surface area contributed by atoms with Gasteiger partial charge in [-0.15, -0.1) is 0 Å². The minimum Gasteiger partial charge on any atom is -0.387 e. The van der Waals surface area contributed by atoms with E-state index in [2.05, 4.69) is 53.4 Å². The monoisotopic (exact) mass is 415 g/mol. The largest absolute Gasteiger partial charge is 0.387 e. The van der Waals surface area contributed by atoms with Gasteiger partial charge in [0.2, 0.25) is 0 Å². The quantitative estimate of drug-likeness (QED) is 0.492. The molecule has 0 aromatic heterocycles. The van der Waals surface area contributed by atoms with Gasteiger partial charge in [-0.1, -0.05) is 91.0 Å². The van der Waals surface area contributed by atoms with Crippen LogP contribution in [0.3, 0.4) is 0 Å². The van der Waals surface area contributed by atoms with Crippen molar-refractivity contribution >= 4 is 0 Å². The van der Waals surface area contributed by atoms with Gasteiger partial charge in [0.25, 0.3) is 0 Å². The molecule has 162 valence electrons. The van der Waals surface area contributed by atoms with Gasteiger partial charge in [-0.2, -0.15) is 0 Å². The molecule has 1 N–H and O–H groups in total. The Hall–Kier alpha value is -2.46. The summed E-state index contributed by atoms with van der Waals surface area (Å²) in [6.45, 7) is 3.59. The van der Waals surface area contributed by atoms with Crippen LogP contribution in [-0.4, -0.2) is 36.2 Å². The maximum atomic E-state index is 10.5. The lowest BCUT2D eigenvalue weighted by atomic mass is 9.93. The van der Waals surface area contributed by atoms with Crippen molar-refractivity contribution in [2.45, 2.75) is 31.5 Å². The molecule has 0 spiro atoms. The van der Waals surface area contributed by atoms with E-state index in [4.69, 9.17) is 4.74 Å². The molecule has 0 aliphatic carbocycles. The molecule has 0 unspecified atom stereocenters. The van der Waals surface area contributed by atoms with E-state index < -0.39 is 6.10 Å². The van der Waals surface area contributed by atoms with Crippen molar-refractivity contribution < 1.29 is 9.84 Å². The molecule has 3 heteroatoms. The second-order valence-electron chi connectivity index (χ2n) is 8.53. The Balaban J connectivity index is 1.24. The van der Waals surface area contributed by atoms with Crippen LogP contribution in [0, 0.1) is 5.92 Å². The summed E-state index contributed by atoms with van der Waals surface area (Å²) in [5.41, 5.74) is 3.42. The molecule has 1 fully saturated rings. The van der Waals surface area contributed by atoms with Crippen LogP contribution in [0.2, 0.25) is 0 Å². The zero-order chi connectivity index (χ0) is 21.3. The summed E-state index contributed by atoms with van der Waals surface area (Å²) in [6.07, 6.45) is 3.02. The Morgan fingerprint density at radius 2 is 1.23 bits per heavy atom. The number of ether oxygens (including phenoxy) is 1. The number of rotatable bonds is 9. The fourth-order valence-corrected chi connectivity index (χ4v) is 4.48. The molecule has 31 heavy (non-hydrogen) atoms. The molecule has 4 rings (SSSR count). The third kappa shape index (κ3) is 6.27. The fourth-order valence-electron chi connectivity index (χ4n) is 4.48. The van der Waals surface area contributed by atoms with Gasteiger partial charge < -0.3 is 14.7 Å². The lowest BCUT2D eigenvalue weighted by Gasteiger charge is -2.33. The molecular formula is C28H33NO2. The molecule has 1 saturated heterocycles. The van der Waals surface area contributed by atoms with Crippen LogP contribution in [0.5, 0.6) is 0 Å². The highest BCUT2D eigenvalue weighted by molar-refractivity contribution is 5.29. The van der Waals surface area contributed by atoms with E-state index in [9.17, 15) is 5.11 Å². The first-order valence-electron chi connectivity index (χ1n) is 11.5. The smallest absolute Gasteiger partial charge is 0.108 e. The van der Waals surface area contributed by atoms with E-state index in [-0.39, 0.29) is 6.10 Å². The third-order valence-corrected chi connectivity index (χ3v) is 6.34. The lowest BCUT2D eigenvalue weighted by Crippen LogP contribution is -2.36. The number of nitrogens with zero attached hydrogens (tertiary/aromatic N) is 1. The number of aliphatic hydroxyl groups is 1. The Bertz CT molecular complexity index is 837. The number of benzene rings is 3. The minimum absolute atomic E-state index is 0.0106. The van der Waals surface area contributed by atoms with Gasteiger partial charge in [-0.25, -0.2) is 0 Å². The Morgan fingerprint density at radius 1 is 0.742 bits per heavy atom. The van der Waals surface area contributed by atoms with Crippen LogP contribution in [-0.2, 0) is 4.74 Å². The standard InChI is InChI=1S/C28H33NO2/c30-27(24-10-4-1-5-11-24)22-29-19-16-23(17-20-29)18-21-31-28(25-12-6-2-7-13-25)26-14-8-3-9-15-26/h1-15,23,27-28,30H,16-22H2/t27-/m0/s1. The first-order chi connectivity index (χ1) is 15.3. The van der Waals surface area contributed by atoms with Crippen LogP contribution >= 0.6 is 0 Å². The van der Waals surface area contributed by atoms with E-state index >= 15 is 0 Å². The molecule has 3 aromatic carbocycles. The summed E-state index contributed by atoms with van der Waals surface area (Å²) >= 11 is 0. The lowest BCUT2D eigenvalue weighted by molar-refractivity contribution is 0.0522. The Kier molecular flexibility index (Phi) is 7.89. The summed E-state index contributed by atoms with van der Waals surface area (Å²) in [5, 5.41) is 10.5. The summed E-state index contributed by atoms with van der Waals surface area (Å²) in [6, 6.07) is 31.0. The van der Waals surface area contributed by atoms with Crippen molar-refractivity contribution in [1.82, 2.24) is 4.90 Å². The second-order valence-corrected chi connectivity index (χ2v) is 8.53. The van der Waals surface area contributed by atoms with E-state index in [1.165, 1.54) is 24.0 Å². The third-order valence-electron chi connectivity index (χ3n) is 6.34. The number of likely N-dealkylation sites (tertiary alicyclic amines) is 1. The van der Waals surface area contributed by atoms with Crippen LogP contribution in [0.15, 0.2) is 91.0 Å². The van der Waals surface area contributed by atoms with Gasteiger partial charge in [0.15, 0.2) is 0 Å². The predicted octanol–water partition coefficient (Wildman–Crippen LogP) is 5.63. The molecule has 1 atom stereocenters. The Labute approximate surface area is 186 Å². The van der Waals surface area contributed by atoms with Crippen LogP contribution in [0.1, 0.15) is 48.2 Å². The average Bonchev–Trinajstić information content (AvgIpc) is 2.84. The highest BCUT2D eigenvalue weighted by atomic mass is 16.5. The number of hydrogen-bond acceptors (Lipinski definition) is 3. The van der Waals surface area contributed by atoms with Gasteiger partial charge in [-0.3, -0.25) is 0 Å². The van der Waals surface area contributed by atoms with Gasteiger partial charge >= 0.3 is 0 Å². The van der Waals surface area contributed by atoms with Crippen LogP contribution < -0.4 is 0 Å². The minimum atomic E-state index is -0.404. The van der Waals surface area contributed by atoms with Crippen LogP contribution in [0.25, 0.3) is 0 Å². The highest BCUT2D eigenvalue weighted by Gasteiger charge is 2.22. The first kappa shape index (κ1) is 21.8. The van der Waals surface area contributed by atoms with Crippen molar-refractivity contribution in [3.8, 4) is 0 Å². The number of β-amino-alcohol motifs (C(OH)–C–C–N with tert-alkyl or cyclic N) is 1. The molecular weight excluding hydrogens is 382 g/mol. The van der Waals surface area contributed by atoms with Gasteiger partial charge in [-0.05, 0) is 55.0 Å². The topological polar surface area (TPSA) is 32.7 Å². The van der Waals surface area contributed by atoms with Crippen molar-refractivity contribution in [2.24, 2.45) is 5.92 Å². The molecule has 1 aliphatic heterocycles. The van der Waals surface area contributed by atoms with E-state index in [0.29, 0.717) is 5.92 Å². The second kappa shape index (κ2) is 11.2. The molecule has 0 radical (unpaired) electrons. The molecule has 0 amide bonds. The summed E-state index contributed by atoms with van der Waals surface area (Å²) < 4.78 is 6.41. The van der Waals surface area contributed by atoms with Crippen molar-refractivity contribution in [1.29, 1.82) is 0 Å². The normalized spacial score (nSPS) is 16.5. The van der Waals surface area contributed by atoms with Crippen molar-refractivity contribution in [3.63, 3.8) is 0 Å². The van der Waals surface area contributed by atoms with Crippen molar-refractivity contribution in [3.05, 3.63) is 108 Å². The summed E-state index contributed by atoms with van der Waals surface area (Å²) in [7, 11) is 0. The molecule has 1 heterocycles. The van der Waals surface area contributed by atoms with Gasteiger partial charge in [0, 0.05) is 13.2 Å². The maximum absolute atomic E-state index is 10.5. The Morgan fingerprint density at radius 3 is 1.74 bits per heavy atom. The summed E-state index contributed by atoms with van der Waals surface area (Å²) in [5.74, 6) is 0.692. The predicted molar refractivity (Wildman–Crippen MR) is 126 cm³/mol. The van der Waals surface area contributed by atoms with Crippen molar-refractivity contribution in [2.75, 3.05) is 26.2 Å². The first-order valence-corrected chi connectivity index (χ1v) is 11.5. The zero-order valence-corrected chi connectivity index (χ0v) is 18.1. The molecule has 0 saturated carbocycles. The van der Waals surface area contributed by atoms with Gasteiger partial charge in [0.05, 0.1) is 6.10 Å². The molecule has 0 bridgehead atoms. The maximum Gasteiger partial charge on any atom is 0.108 e. The zero-order valence-electron chi connectivity index (χ0n) is 18.1. The molecule has 3 aromatic rings. The van der Waals surface area contributed by atoms with E-state index in [1.807, 2.05) is 42.5 Å².